The van der Waals surface area contributed by atoms with Gasteiger partial charge in [0.25, 0.3) is 0 Å². The van der Waals surface area contributed by atoms with E-state index in [1.165, 1.54) is 0 Å². The molecule has 0 saturated heterocycles. The Hall–Kier alpha value is -0.610. The summed E-state index contributed by atoms with van der Waals surface area (Å²) in [5.41, 5.74) is -0.676. The van der Waals surface area contributed by atoms with Crippen LogP contribution in [0, 0.1) is 0 Å². The highest BCUT2D eigenvalue weighted by Crippen LogP contribution is 2.12. The fourth-order valence-electron chi connectivity index (χ4n) is 1.24. The molecule has 3 N–H and O–H groups in total. The van der Waals surface area contributed by atoms with Crippen LogP contribution in [0.25, 0.3) is 0 Å². The molecule has 4 nitrogen and oxygen atoms in total. The number of carbonyl (C=O) groups is 1. The molecule has 4 heteroatoms. The maximum Gasteiger partial charge on any atom is 0.233 e. The minimum Gasteiger partial charge on any atom is -0.389 e. The maximum atomic E-state index is 11.2. The average molecular weight is 216 g/mol. The molecule has 0 rings (SSSR count). The van der Waals surface area contributed by atoms with Crippen LogP contribution < -0.4 is 10.6 Å². The van der Waals surface area contributed by atoms with Crippen molar-refractivity contribution in [3.63, 3.8) is 0 Å². The molecule has 0 fully saturated rings. The predicted octanol–water partition coefficient (Wildman–Crippen LogP) is 0.653. The number of amides is 1. The van der Waals surface area contributed by atoms with Crippen LogP contribution in [0.15, 0.2) is 0 Å². The fraction of sp³-hybridized carbons (Fsp3) is 0.909. The molecule has 90 valence electrons. The summed E-state index contributed by atoms with van der Waals surface area (Å²) >= 11 is 0. The van der Waals surface area contributed by atoms with E-state index < -0.39 is 5.60 Å². The number of rotatable bonds is 8. The van der Waals surface area contributed by atoms with Crippen molar-refractivity contribution in [3.05, 3.63) is 0 Å². The molecule has 0 aromatic carbocycles. The summed E-state index contributed by atoms with van der Waals surface area (Å²) in [7, 11) is 0. The van der Waals surface area contributed by atoms with Crippen LogP contribution >= 0.6 is 0 Å². The van der Waals surface area contributed by atoms with Gasteiger partial charge in [-0.2, -0.15) is 0 Å². The quantitative estimate of drug-likeness (QED) is 0.558. The first-order valence-electron chi connectivity index (χ1n) is 5.77. The lowest BCUT2D eigenvalue weighted by molar-refractivity contribution is -0.120. The van der Waals surface area contributed by atoms with E-state index in [1.54, 1.807) is 0 Å². The normalized spacial score (nSPS) is 11.5. The summed E-state index contributed by atoms with van der Waals surface area (Å²) in [5, 5.41) is 15.7. The van der Waals surface area contributed by atoms with Crippen molar-refractivity contribution in [1.82, 2.24) is 10.6 Å². The van der Waals surface area contributed by atoms with Gasteiger partial charge in [-0.05, 0) is 19.3 Å². The molecule has 0 bridgehead atoms. The van der Waals surface area contributed by atoms with Crippen LogP contribution in [-0.4, -0.2) is 36.2 Å². The maximum absolute atomic E-state index is 11.2. The zero-order chi connectivity index (χ0) is 11.7. The van der Waals surface area contributed by atoms with Gasteiger partial charge >= 0.3 is 0 Å². The summed E-state index contributed by atoms with van der Waals surface area (Å²) in [6.45, 7) is 7.37. The van der Waals surface area contributed by atoms with Crippen molar-refractivity contribution in [2.45, 2.75) is 45.6 Å². The van der Waals surface area contributed by atoms with E-state index in [9.17, 15) is 9.90 Å². The van der Waals surface area contributed by atoms with Gasteiger partial charge in [0.05, 0.1) is 12.1 Å². The molecule has 0 atom stereocenters. The topological polar surface area (TPSA) is 61.4 Å². The first kappa shape index (κ1) is 14.4. The molecule has 0 aromatic rings. The summed E-state index contributed by atoms with van der Waals surface area (Å²) in [6, 6.07) is 0. The van der Waals surface area contributed by atoms with Crippen LogP contribution in [0.1, 0.15) is 40.0 Å². The lowest BCUT2D eigenvalue weighted by Crippen LogP contribution is -2.43. The zero-order valence-electron chi connectivity index (χ0n) is 10.1. The molecular formula is C11H24N2O2. The Morgan fingerprint density at radius 1 is 1.27 bits per heavy atom. The second-order valence-corrected chi connectivity index (χ2v) is 3.88. The Morgan fingerprint density at radius 3 is 2.33 bits per heavy atom. The second kappa shape index (κ2) is 7.65. The third kappa shape index (κ3) is 6.47. The highest BCUT2D eigenvalue weighted by atomic mass is 16.3. The monoisotopic (exact) mass is 216 g/mol. The van der Waals surface area contributed by atoms with Gasteiger partial charge in [0.15, 0.2) is 0 Å². The molecule has 0 radical (unpaired) electrons. The molecule has 1 amide bonds. The minimum absolute atomic E-state index is 0.00796. The van der Waals surface area contributed by atoms with Gasteiger partial charge in [-0.3, -0.25) is 4.79 Å². The molecule has 15 heavy (non-hydrogen) atoms. The number of aliphatic hydroxyl groups is 1. The Bertz CT molecular complexity index is 179. The van der Waals surface area contributed by atoms with Crippen LogP contribution in [-0.2, 0) is 4.79 Å². The lowest BCUT2D eigenvalue weighted by Gasteiger charge is -2.25. The molecule has 0 unspecified atom stereocenters. The van der Waals surface area contributed by atoms with Crippen molar-refractivity contribution >= 4 is 5.91 Å². The number of hydrogen-bond donors (Lipinski definition) is 3. The third-order valence-electron chi connectivity index (χ3n) is 2.63. The van der Waals surface area contributed by atoms with Gasteiger partial charge < -0.3 is 15.7 Å². The van der Waals surface area contributed by atoms with E-state index in [4.69, 9.17) is 0 Å². The van der Waals surface area contributed by atoms with Crippen LogP contribution in [0.4, 0.5) is 0 Å². The number of carbonyl (C=O) groups excluding carboxylic acids is 1. The molecule has 0 aliphatic rings. The Morgan fingerprint density at radius 2 is 1.87 bits per heavy atom. The van der Waals surface area contributed by atoms with Crippen LogP contribution in [0.5, 0.6) is 0 Å². The highest BCUT2D eigenvalue weighted by molar-refractivity contribution is 5.77. The van der Waals surface area contributed by atoms with Gasteiger partial charge in [-0.15, -0.1) is 0 Å². The summed E-state index contributed by atoms with van der Waals surface area (Å²) in [4.78, 5) is 11.2. The van der Waals surface area contributed by atoms with Crippen molar-refractivity contribution in [2.75, 3.05) is 19.6 Å². The minimum atomic E-state index is -0.676. The van der Waals surface area contributed by atoms with E-state index in [0.29, 0.717) is 25.9 Å². The summed E-state index contributed by atoms with van der Waals surface area (Å²) in [5.74, 6) is -0.00796. The van der Waals surface area contributed by atoms with E-state index in [2.05, 4.69) is 10.6 Å². The standard InChI is InChI=1S/C11H24N2O2/c1-4-7-13-10(14)8-12-9-11(15,5-2)6-3/h12,15H,4-9H2,1-3H3,(H,13,14). The smallest absolute Gasteiger partial charge is 0.233 e. The zero-order valence-corrected chi connectivity index (χ0v) is 10.1. The fourth-order valence-corrected chi connectivity index (χ4v) is 1.24. The van der Waals surface area contributed by atoms with Gasteiger partial charge in [0.2, 0.25) is 5.91 Å². The van der Waals surface area contributed by atoms with Gasteiger partial charge in [0, 0.05) is 13.1 Å². The van der Waals surface area contributed by atoms with Gasteiger partial charge in [-0.1, -0.05) is 20.8 Å². The number of hydrogen-bond acceptors (Lipinski definition) is 3. The molecule has 0 saturated carbocycles. The Balaban J connectivity index is 3.64. The van der Waals surface area contributed by atoms with Gasteiger partial charge in [-0.25, -0.2) is 0 Å². The molecule has 0 aliphatic heterocycles. The van der Waals surface area contributed by atoms with Gasteiger partial charge in [0.1, 0.15) is 0 Å². The molecular weight excluding hydrogens is 192 g/mol. The Labute approximate surface area is 92.4 Å². The predicted molar refractivity (Wildman–Crippen MR) is 61.7 cm³/mol. The first-order chi connectivity index (χ1) is 7.08. The number of nitrogens with one attached hydrogen (secondary N) is 2. The largest absolute Gasteiger partial charge is 0.389 e. The first-order valence-corrected chi connectivity index (χ1v) is 5.77. The van der Waals surface area contributed by atoms with E-state index >= 15 is 0 Å². The molecule has 0 aliphatic carbocycles. The van der Waals surface area contributed by atoms with Crippen molar-refractivity contribution in [3.8, 4) is 0 Å². The molecule has 0 spiro atoms. The summed E-state index contributed by atoms with van der Waals surface area (Å²) in [6.07, 6.45) is 2.35. The Kier molecular flexibility index (Phi) is 7.34. The highest BCUT2D eigenvalue weighted by Gasteiger charge is 2.21. The third-order valence-corrected chi connectivity index (χ3v) is 2.63. The van der Waals surface area contributed by atoms with E-state index in [1.807, 2.05) is 20.8 Å². The molecule has 0 heterocycles. The van der Waals surface area contributed by atoms with E-state index in [-0.39, 0.29) is 12.5 Å². The average Bonchev–Trinajstić information content (AvgIpc) is 2.26. The lowest BCUT2D eigenvalue weighted by atomic mass is 9.98. The summed E-state index contributed by atoms with van der Waals surface area (Å²) < 4.78 is 0. The van der Waals surface area contributed by atoms with Crippen LogP contribution in [0.3, 0.4) is 0 Å². The van der Waals surface area contributed by atoms with E-state index in [0.717, 1.165) is 6.42 Å². The van der Waals surface area contributed by atoms with Crippen molar-refractivity contribution in [2.24, 2.45) is 0 Å². The van der Waals surface area contributed by atoms with Crippen LogP contribution in [0.2, 0.25) is 0 Å². The van der Waals surface area contributed by atoms with Crippen molar-refractivity contribution < 1.29 is 9.90 Å². The van der Waals surface area contributed by atoms with Crippen molar-refractivity contribution in [1.29, 1.82) is 0 Å². The second-order valence-electron chi connectivity index (χ2n) is 3.88. The SMILES string of the molecule is CCCNC(=O)CNCC(O)(CC)CC. The molecule has 0 aromatic heterocycles.